The van der Waals surface area contributed by atoms with Crippen LogP contribution in [0.3, 0.4) is 0 Å². The van der Waals surface area contributed by atoms with E-state index in [1.54, 1.807) is 0 Å². The number of hydrogen-bond donors (Lipinski definition) is 1. The number of esters is 1. The Labute approximate surface area is 142 Å². The summed E-state index contributed by atoms with van der Waals surface area (Å²) in [5.41, 5.74) is 0. The van der Waals surface area contributed by atoms with Gasteiger partial charge in [0.05, 0.1) is 0 Å². The lowest BCUT2D eigenvalue weighted by Gasteiger charge is -2.17. The zero-order chi connectivity index (χ0) is 17.3. The Morgan fingerprint density at radius 1 is 0.783 bits per heavy atom. The maximum Gasteiger partial charge on any atom is 0.306 e. The Kier molecular flexibility index (Phi) is 15.1. The van der Waals surface area contributed by atoms with Gasteiger partial charge < -0.3 is 9.84 Å². The highest BCUT2D eigenvalue weighted by molar-refractivity contribution is 5.69. The highest BCUT2D eigenvalue weighted by Crippen LogP contribution is 2.16. The largest absolute Gasteiger partial charge is 0.481 e. The summed E-state index contributed by atoms with van der Waals surface area (Å²) in [5.74, 6) is -0.796. The summed E-state index contributed by atoms with van der Waals surface area (Å²) in [4.78, 5) is 22.4. The quantitative estimate of drug-likeness (QED) is 0.301. The summed E-state index contributed by atoms with van der Waals surface area (Å²) in [6.45, 7) is 4.32. The van der Waals surface area contributed by atoms with Crippen LogP contribution in [-0.4, -0.2) is 23.1 Å². The maximum absolute atomic E-state index is 11.9. The van der Waals surface area contributed by atoms with Crippen LogP contribution in [-0.2, 0) is 14.3 Å². The second kappa shape index (κ2) is 15.8. The fourth-order valence-electron chi connectivity index (χ4n) is 2.64. The van der Waals surface area contributed by atoms with Crippen LogP contribution in [0.1, 0.15) is 104 Å². The molecule has 0 aromatic heterocycles. The smallest absolute Gasteiger partial charge is 0.306 e. The zero-order valence-electron chi connectivity index (χ0n) is 15.1. The highest BCUT2D eigenvalue weighted by Gasteiger charge is 2.13. The van der Waals surface area contributed by atoms with E-state index in [4.69, 9.17) is 9.84 Å². The highest BCUT2D eigenvalue weighted by atomic mass is 16.5. The SMILES string of the molecule is CCCCCCCC(=O)OC(CCCC)CCCCCC(=O)O. The second-order valence-electron chi connectivity index (χ2n) is 6.41. The standard InChI is InChI=1S/C19H36O4/c1-3-5-7-8-12-16-19(22)23-17(13-6-4-2)14-10-9-11-15-18(20)21/h17H,3-16H2,1-2H3,(H,20,21). The minimum absolute atomic E-state index is 0.0166. The van der Waals surface area contributed by atoms with Gasteiger partial charge in [-0.05, 0) is 32.1 Å². The van der Waals surface area contributed by atoms with Gasteiger partial charge in [-0.15, -0.1) is 0 Å². The number of hydrogen-bond acceptors (Lipinski definition) is 3. The molecule has 0 heterocycles. The van der Waals surface area contributed by atoms with Crippen molar-refractivity contribution in [1.29, 1.82) is 0 Å². The maximum atomic E-state index is 11.9. The molecule has 4 nitrogen and oxygen atoms in total. The molecule has 0 rings (SSSR count). The molecule has 0 fully saturated rings. The van der Waals surface area contributed by atoms with Crippen LogP contribution < -0.4 is 0 Å². The Hall–Kier alpha value is -1.06. The molecule has 0 radical (unpaired) electrons. The fourth-order valence-corrected chi connectivity index (χ4v) is 2.64. The third-order valence-electron chi connectivity index (χ3n) is 4.08. The van der Waals surface area contributed by atoms with Crippen LogP contribution >= 0.6 is 0 Å². The van der Waals surface area contributed by atoms with E-state index in [2.05, 4.69) is 13.8 Å². The molecule has 0 aliphatic carbocycles. The minimum Gasteiger partial charge on any atom is -0.481 e. The number of aliphatic carboxylic acids is 1. The van der Waals surface area contributed by atoms with Crippen LogP contribution in [0.4, 0.5) is 0 Å². The third kappa shape index (κ3) is 15.6. The van der Waals surface area contributed by atoms with E-state index in [1.165, 1.54) is 19.3 Å². The molecule has 136 valence electrons. The van der Waals surface area contributed by atoms with E-state index < -0.39 is 5.97 Å². The monoisotopic (exact) mass is 328 g/mol. The van der Waals surface area contributed by atoms with Gasteiger partial charge in [0.1, 0.15) is 6.10 Å². The molecule has 1 N–H and O–H groups in total. The van der Waals surface area contributed by atoms with Crippen LogP contribution in [0.15, 0.2) is 0 Å². The van der Waals surface area contributed by atoms with Crippen molar-refractivity contribution in [2.24, 2.45) is 0 Å². The first-order valence-electron chi connectivity index (χ1n) is 9.51. The molecule has 0 amide bonds. The van der Waals surface area contributed by atoms with Gasteiger partial charge in [-0.1, -0.05) is 58.8 Å². The molecule has 0 spiro atoms. The molecular formula is C19H36O4. The van der Waals surface area contributed by atoms with Gasteiger partial charge in [-0.2, -0.15) is 0 Å². The molecule has 0 aliphatic heterocycles. The van der Waals surface area contributed by atoms with E-state index in [-0.39, 0.29) is 18.5 Å². The predicted octanol–water partition coefficient (Wildman–Crippen LogP) is 5.48. The van der Waals surface area contributed by atoms with Gasteiger partial charge >= 0.3 is 11.9 Å². The summed E-state index contributed by atoms with van der Waals surface area (Å²) in [6, 6.07) is 0. The number of rotatable bonds is 16. The van der Waals surface area contributed by atoms with Gasteiger partial charge in [0.2, 0.25) is 0 Å². The summed E-state index contributed by atoms with van der Waals surface area (Å²) in [7, 11) is 0. The summed E-state index contributed by atoms with van der Waals surface area (Å²) in [6.07, 6.45) is 13.0. The number of carbonyl (C=O) groups excluding carboxylic acids is 1. The van der Waals surface area contributed by atoms with E-state index >= 15 is 0 Å². The van der Waals surface area contributed by atoms with Crippen molar-refractivity contribution in [2.45, 2.75) is 110 Å². The number of carboxylic acids is 1. The predicted molar refractivity (Wildman–Crippen MR) is 93.5 cm³/mol. The molecule has 0 saturated heterocycles. The van der Waals surface area contributed by atoms with E-state index in [1.807, 2.05) is 0 Å². The van der Waals surface area contributed by atoms with Crippen molar-refractivity contribution >= 4 is 11.9 Å². The van der Waals surface area contributed by atoms with Gasteiger partial charge in [0, 0.05) is 12.8 Å². The van der Waals surface area contributed by atoms with E-state index in [9.17, 15) is 9.59 Å². The molecule has 0 bridgehead atoms. The van der Waals surface area contributed by atoms with E-state index in [0.717, 1.165) is 51.4 Å². The Bertz CT molecular complexity index is 302. The molecule has 23 heavy (non-hydrogen) atoms. The van der Waals surface area contributed by atoms with Gasteiger partial charge in [0.15, 0.2) is 0 Å². The van der Waals surface area contributed by atoms with Crippen LogP contribution in [0.2, 0.25) is 0 Å². The molecule has 0 aromatic carbocycles. The second-order valence-corrected chi connectivity index (χ2v) is 6.41. The van der Waals surface area contributed by atoms with Gasteiger partial charge in [-0.3, -0.25) is 9.59 Å². The van der Waals surface area contributed by atoms with E-state index in [0.29, 0.717) is 12.8 Å². The van der Waals surface area contributed by atoms with Gasteiger partial charge in [0.25, 0.3) is 0 Å². The van der Waals surface area contributed by atoms with Crippen molar-refractivity contribution in [1.82, 2.24) is 0 Å². The third-order valence-corrected chi connectivity index (χ3v) is 4.08. The topological polar surface area (TPSA) is 63.6 Å². The van der Waals surface area contributed by atoms with Crippen molar-refractivity contribution in [3.8, 4) is 0 Å². The molecule has 0 saturated carbocycles. The summed E-state index contributed by atoms with van der Waals surface area (Å²) in [5, 5.41) is 8.62. The van der Waals surface area contributed by atoms with Crippen LogP contribution in [0, 0.1) is 0 Å². The summed E-state index contributed by atoms with van der Waals surface area (Å²) < 4.78 is 5.63. The van der Waals surface area contributed by atoms with Crippen molar-refractivity contribution in [3.63, 3.8) is 0 Å². The molecule has 0 aliphatic rings. The molecule has 4 heteroatoms. The van der Waals surface area contributed by atoms with Crippen molar-refractivity contribution in [2.75, 3.05) is 0 Å². The number of unbranched alkanes of at least 4 members (excludes halogenated alkanes) is 7. The van der Waals surface area contributed by atoms with Crippen LogP contribution in [0.25, 0.3) is 0 Å². The lowest BCUT2D eigenvalue weighted by atomic mass is 10.0. The molecule has 0 aromatic rings. The van der Waals surface area contributed by atoms with Gasteiger partial charge in [-0.25, -0.2) is 0 Å². The normalized spacial score (nSPS) is 12.1. The minimum atomic E-state index is -0.734. The molecular weight excluding hydrogens is 292 g/mol. The number of ether oxygens (including phenoxy) is 1. The van der Waals surface area contributed by atoms with Crippen molar-refractivity contribution < 1.29 is 19.4 Å². The van der Waals surface area contributed by atoms with Crippen LogP contribution in [0.5, 0.6) is 0 Å². The Morgan fingerprint density at radius 3 is 2.00 bits per heavy atom. The first-order chi connectivity index (χ1) is 11.1. The average Bonchev–Trinajstić information content (AvgIpc) is 2.51. The lowest BCUT2D eigenvalue weighted by Crippen LogP contribution is -2.18. The van der Waals surface area contributed by atoms with Crippen molar-refractivity contribution in [3.05, 3.63) is 0 Å². The first kappa shape index (κ1) is 21.9. The molecule has 1 unspecified atom stereocenters. The fraction of sp³-hybridized carbons (Fsp3) is 0.895. The zero-order valence-corrected chi connectivity index (χ0v) is 15.1. The molecule has 1 atom stereocenters. The Balaban J connectivity index is 3.88. The average molecular weight is 328 g/mol. The number of carboxylic acid groups (broad SMARTS) is 1. The lowest BCUT2D eigenvalue weighted by molar-refractivity contribution is -0.150. The number of carbonyl (C=O) groups is 2. The Morgan fingerprint density at radius 2 is 1.35 bits per heavy atom. The summed E-state index contributed by atoms with van der Waals surface area (Å²) >= 11 is 0. The first-order valence-corrected chi connectivity index (χ1v) is 9.51.